The van der Waals surface area contributed by atoms with Crippen molar-refractivity contribution in [1.82, 2.24) is 0 Å². The maximum absolute atomic E-state index is 11.5. The molecule has 0 amide bonds. The minimum Gasteiger partial charge on any atom is -0.229 e. The summed E-state index contributed by atoms with van der Waals surface area (Å²) < 4.78 is 22.9. The second-order valence-electron chi connectivity index (χ2n) is 5.21. The first-order chi connectivity index (χ1) is 7.81. The first-order valence-electron chi connectivity index (χ1n) is 6.13. The topological polar surface area (TPSA) is 34.1 Å². The first kappa shape index (κ1) is 17.9. The third-order valence-corrected chi connectivity index (χ3v) is 7.18. The second kappa shape index (κ2) is 8.16. The molecule has 0 aromatic carbocycles. The van der Waals surface area contributed by atoms with Gasteiger partial charge < -0.3 is 0 Å². The normalized spacial score (nSPS) is 13.3. The van der Waals surface area contributed by atoms with E-state index in [1.807, 2.05) is 0 Å². The van der Waals surface area contributed by atoms with E-state index in [0.29, 0.717) is 11.7 Å². The molecule has 0 aliphatic carbocycles. The van der Waals surface area contributed by atoms with E-state index in [1.165, 1.54) is 0 Å². The summed E-state index contributed by atoms with van der Waals surface area (Å²) in [5.74, 6) is 1.21. The number of hydrogen-bond donors (Lipinski definition) is 0. The number of sulfone groups is 1. The van der Waals surface area contributed by atoms with Gasteiger partial charge in [0.25, 0.3) is 0 Å². The van der Waals surface area contributed by atoms with Crippen LogP contribution in [0.15, 0.2) is 0 Å². The average molecular weight is 392 g/mol. The van der Waals surface area contributed by atoms with Gasteiger partial charge >= 0.3 is 0 Å². The van der Waals surface area contributed by atoms with Crippen molar-refractivity contribution in [2.75, 3.05) is 22.2 Å². The van der Waals surface area contributed by atoms with E-state index in [-0.39, 0.29) is 11.2 Å². The monoisotopic (exact) mass is 390 g/mol. The highest BCUT2D eigenvalue weighted by atomic mass is 79.9. The van der Waals surface area contributed by atoms with Gasteiger partial charge in [-0.2, -0.15) is 0 Å². The van der Waals surface area contributed by atoms with Crippen LogP contribution < -0.4 is 0 Å². The van der Waals surface area contributed by atoms with E-state index in [0.717, 1.165) is 29.9 Å². The summed E-state index contributed by atoms with van der Waals surface area (Å²) in [5, 5.41) is 1.85. The van der Waals surface area contributed by atoms with Crippen LogP contribution in [0, 0.1) is 11.3 Å². The van der Waals surface area contributed by atoms with Crippen molar-refractivity contribution in [3.63, 3.8) is 0 Å². The molecule has 0 N–H and O–H groups in total. The van der Waals surface area contributed by atoms with Gasteiger partial charge in [-0.05, 0) is 30.6 Å². The zero-order valence-corrected chi connectivity index (χ0v) is 15.0. The van der Waals surface area contributed by atoms with Crippen molar-refractivity contribution < 1.29 is 8.42 Å². The smallest absolute Gasteiger partial charge is 0.150 e. The molecule has 0 aliphatic rings. The molecule has 0 spiro atoms. The maximum atomic E-state index is 11.5. The summed E-state index contributed by atoms with van der Waals surface area (Å²) in [5.41, 5.74) is 0.192. The maximum Gasteiger partial charge on any atom is 0.150 e. The Morgan fingerprint density at radius 2 is 1.71 bits per heavy atom. The van der Waals surface area contributed by atoms with Gasteiger partial charge in [0, 0.05) is 16.4 Å². The number of alkyl halides is 2. The van der Waals surface area contributed by atoms with E-state index in [4.69, 9.17) is 0 Å². The van der Waals surface area contributed by atoms with Crippen molar-refractivity contribution in [2.24, 2.45) is 11.3 Å². The van der Waals surface area contributed by atoms with Crippen molar-refractivity contribution in [3.8, 4) is 0 Å². The third-order valence-electron chi connectivity index (χ3n) is 3.01. The highest BCUT2D eigenvalue weighted by Gasteiger charge is 2.28. The molecule has 0 bridgehead atoms. The summed E-state index contributed by atoms with van der Waals surface area (Å²) >= 11 is 7.16. The van der Waals surface area contributed by atoms with Crippen molar-refractivity contribution in [3.05, 3.63) is 0 Å². The summed E-state index contributed by atoms with van der Waals surface area (Å²) in [6.45, 7) is 6.14. The van der Waals surface area contributed by atoms with Crippen LogP contribution in [0.2, 0.25) is 0 Å². The summed E-state index contributed by atoms with van der Waals surface area (Å²) in [7, 11) is -2.82. The lowest BCUT2D eigenvalue weighted by atomic mass is 9.80. The Labute approximate surface area is 123 Å². The van der Waals surface area contributed by atoms with Gasteiger partial charge in [-0.3, -0.25) is 0 Å². The van der Waals surface area contributed by atoms with Crippen molar-refractivity contribution >= 4 is 41.7 Å². The zero-order chi connectivity index (χ0) is 13.5. The molecule has 0 aromatic rings. The molecule has 0 aliphatic heterocycles. The van der Waals surface area contributed by atoms with Crippen LogP contribution >= 0.6 is 31.9 Å². The zero-order valence-electron chi connectivity index (χ0n) is 11.0. The van der Waals surface area contributed by atoms with Gasteiger partial charge in [-0.1, -0.05) is 52.6 Å². The van der Waals surface area contributed by atoms with E-state index in [1.54, 1.807) is 6.92 Å². The molecule has 0 fully saturated rings. The van der Waals surface area contributed by atoms with Crippen molar-refractivity contribution in [2.45, 2.75) is 40.0 Å². The Morgan fingerprint density at radius 1 is 1.18 bits per heavy atom. The predicted molar refractivity (Wildman–Crippen MR) is 83.0 cm³/mol. The van der Waals surface area contributed by atoms with Gasteiger partial charge in [0.15, 0.2) is 0 Å². The molecule has 0 aromatic heterocycles. The van der Waals surface area contributed by atoms with Gasteiger partial charge in [-0.25, -0.2) is 8.42 Å². The molecule has 2 nitrogen and oxygen atoms in total. The molecule has 0 unspecified atom stereocenters. The highest BCUT2D eigenvalue weighted by Crippen LogP contribution is 2.35. The molecule has 0 radical (unpaired) electrons. The Morgan fingerprint density at radius 3 is 2.06 bits per heavy atom. The summed E-state index contributed by atoms with van der Waals surface area (Å²) in [6, 6.07) is 0. The fraction of sp³-hybridized carbons (Fsp3) is 1.00. The lowest BCUT2D eigenvalue weighted by Gasteiger charge is -2.32. The average Bonchev–Trinajstić information content (AvgIpc) is 2.27. The molecule has 0 rings (SSSR count). The fourth-order valence-electron chi connectivity index (χ4n) is 2.06. The summed E-state index contributed by atoms with van der Waals surface area (Å²) in [6.07, 6.45) is 2.84. The minimum absolute atomic E-state index is 0.192. The van der Waals surface area contributed by atoms with E-state index in [9.17, 15) is 8.42 Å². The van der Waals surface area contributed by atoms with Crippen molar-refractivity contribution in [1.29, 1.82) is 0 Å². The van der Waals surface area contributed by atoms with Gasteiger partial charge in [0.2, 0.25) is 0 Å². The Kier molecular flexibility index (Phi) is 8.59. The highest BCUT2D eigenvalue weighted by molar-refractivity contribution is 9.09. The SMILES string of the molecule is CCS(=O)(=O)CCCC(CBr)(CBr)CC(C)C. The van der Waals surface area contributed by atoms with Crippen LogP contribution in [-0.4, -0.2) is 30.6 Å². The minimum atomic E-state index is -2.82. The molecule has 104 valence electrons. The quantitative estimate of drug-likeness (QED) is 0.556. The molecular weight excluding hydrogens is 368 g/mol. The predicted octanol–water partition coefficient (Wildman–Crippen LogP) is 4.02. The van der Waals surface area contributed by atoms with Crippen LogP contribution in [0.5, 0.6) is 0 Å². The number of halogens is 2. The summed E-state index contributed by atoms with van der Waals surface area (Å²) in [4.78, 5) is 0. The molecule has 5 heteroatoms. The van der Waals surface area contributed by atoms with Crippen LogP contribution in [0.1, 0.15) is 40.0 Å². The standard InChI is InChI=1S/C12H24Br2O2S/c1-4-17(15,16)7-5-6-12(9-13,10-14)8-11(2)3/h11H,4-10H2,1-3H3. The Hall–Kier alpha value is 0.910. The van der Waals surface area contributed by atoms with Gasteiger partial charge in [0.1, 0.15) is 9.84 Å². The molecule has 0 atom stereocenters. The molecule has 0 saturated heterocycles. The van der Waals surface area contributed by atoms with Gasteiger partial charge in [0.05, 0.1) is 5.75 Å². The van der Waals surface area contributed by atoms with E-state index < -0.39 is 9.84 Å². The lowest BCUT2D eigenvalue weighted by Crippen LogP contribution is -2.27. The van der Waals surface area contributed by atoms with E-state index >= 15 is 0 Å². The Bertz CT molecular complexity index is 296. The largest absolute Gasteiger partial charge is 0.229 e. The molecule has 0 heterocycles. The lowest BCUT2D eigenvalue weighted by molar-refractivity contribution is 0.282. The Balaban J connectivity index is 4.37. The molecule has 0 saturated carbocycles. The van der Waals surface area contributed by atoms with Crippen LogP contribution in [0.3, 0.4) is 0 Å². The van der Waals surface area contributed by atoms with Crippen LogP contribution in [-0.2, 0) is 9.84 Å². The molecule has 17 heavy (non-hydrogen) atoms. The number of hydrogen-bond acceptors (Lipinski definition) is 2. The second-order valence-corrected chi connectivity index (χ2v) is 8.80. The third kappa shape index (κ3) is 7.16. The van der Waals surface area contributed by atoms with Crippen LogP contribution in [0.4, 0.5) is 0 Å². The first-order valence-corrected chi connectivity index (χ1v) is 10.2. The van der Waals surface area contributed by atoms with Gasteiger partial charge in [-0.15, -0.1) is 0 Å². The van der Waals surface area contributed by atoms with Crippen LogP contribution in [0.25, 0.3) is 0 Å². The van der Waals surface area contributed by atoms with E-state index in [2.05, 4.69) is 45.7 Å². The fourth-order valence-corrected chi connectivity index (χ4v) is 4.88. The number of rotatable bonds is 9. The molecular formula is C12H24Br2O2S.